The van der Waals surface area contributed by atoms with Crippen LogP contribution in [0, 0.1) is 5.92 Å². The maximum Gasteiger partial charge on any atom is 0.322 e. The van der Waals surface area contributed by atoms with E-state index in [1.54, 1.807) is 24.3 Å². The fraction of sp³-hybridized carbons (Fsp3) is 0.565. The van der Waals surface area contributed by atoms with Gasteiger partial charge in [-0.3, -0.25) is 19.2 Å². The summed E-state index contributed by atoms with van der Waals surface area (Å²) >= 11 is 0. The van der Waals surface area contributed by atoms with E-state index in [9.17, 15) is 19.2 Å². The highest BCUT2D eigenvalue weighted by atomic mass is 16.4. The van der Waals surface area contributed by atoms with Gasteiger partial charge in [0.05, 0.1) is 6.04 Å². The maximum atomic E-state index is 13.1. The van der Waals surface area contributed by atoms with Gasteiger partial charge >= 0.3 is 5.97 Å². The molecule has 0 aromatic heterocycles. The second-order valence-corrected chi connectivity index (χ2v) is 8.12. The Morgan fingerprint density at radius 2 is 1.61 bits per heavy atom. The summed E-state index contributed by atoms with van der Waals surface area (Å²) in [5, 5.41) is 16.6. The summed E-state index contributed by atoms with van der Waals surface area (Å²) in [6.07, 6.45) is 2.47. The van der Waals surface area contributed by atoms with Gasteiger partial charge in [-0.2, -0.15) is 0 Å². The molecule has 4 atom stereocenters. The molecule has 1 aromatic rings. The average Bonchev–Trinajstić information content (AvgIpc) is 2.80. The minimum absolute atomic E-state index is 0.0645. The van der Waals surface area contributed by atoms with Crippen molar-refractivity contribution in [2.24, 2.45) is 17.4 Å². The van der Waals surface area contributed by atoms with Crippen LogP contribution in [-0.4, -0.2) is 60.0 Å². The second-order valence-electron chi connectivity index (χ2n) is 8.12. The number of nitrogens with two attached hydrogens (primary N) is 2. The van der Waals surface area contributed by atoms with Crippen molar-refractivity contribution >= 4 is 23.7 Å². The normalized spacial score (nSPS) is 14.4. The third-order valence-electron chi connectivity index (χ3n) is 5.47. The van der Waals surface area contributed by atoms with Crippen molar-refractivity contribution in [3.8, 4) is 0 Å². The first-order valence-corrected chi connectivity index (χ1v) is 11.3. The molecule has 0 spiro atoms. The molecule has 8 N–H and O–H groups in total. The maximum absolute atomic E-state index is 13.1. The Morgan fingerprint density at radius 1 is 0.970 bits per heavy atom. The number of hydrogen-bond donors (Lipinski definition) is 6. The molecular weight excluding hydrogens is 426 g/mol. The number of carbonyl (C=O) groups excluding carboxylic acids is 3. The summed E-state index contributed by atoms with van der Waals surface area (Å²) < 4.78 is 0. The minimum Gasteiger partial charge on any atom is -0.480 e. The van der Waals surface area contributed by atoms with Crippen LogP contribution in [0.25, 0.3) is 0 Å². The number of aliphatic carboxylic acids is 1. The highest BCUT2D eigenvalue weighted by Crippen LogP contribution is 2.09. The fourth-order valence-corrected chi connectivity index (χ4v) is 3.16. The molecule has 184 valence electrons. The number of amides is 3. The lowest BCUT2D eigenvalue weighted by molar-refractivity contribution is -0.138. The van der Waals surface area contributed by atoms with Gasteiger partial charge in [0, 0.05) is 6.42 Å². The van der Waals surface area contributed by atoms with Crippen LogP contribution < -0.4 is 27.4 Å². The zero-order valence-corrected chi connectivity index (χ0v) is 19.4. The third-order valence-corrected chi connectivity index (χ3v) is 5.47. The summed E-state index contributed by atoms with van der Waals surface area (Å²) in [6.45, 7) is 3.66. The van der Waals surface area contributed by atoms with E-state index in [2.05, 4.69) is 16.0 Å². The van der Waals surface area contributed by atoms with Gasteiger partial charge in [-0.25, -0.2) is 0 Å². The van der Waals surface area contributed by atoms with Crippen LogP contribution in [-0.2, 0) is 25.6 Å². The van der Waals surface area contributed by atoms with Gasteiger partial charge in [0.2, 0.25) is 17.7 Å². The van der Waals surface area contributed by atoms with Gasteiger partial charge in [-0.1, -0.05) is 50.6 Å². The van der Waals surface area contributed by atoms with E-state index in [1.807, 2.05) is 19.9 Å². The Bertz CT molecular complexity index is 774. The van der Waals surface area contributed by atoms with Crippen LogP contribution in [0.5, 0.6) is 0 Å². The molecule has 0 saturated carbocycles. The number of rotatable bonds is 15. The van der Waals surface area contributed by atoms with Gasteiger partial charge in [0.1, 0.15) is 18.6 Å². The molecule has 0 radical (unpaired) electrons. The second kappa shape index (κ2) is 15.0. The predicted molar refractivity (Wildman–Crippen MR) is 125 cm³/mol. The van der Waals surface area contributed by atoms with Gasteiger partial charge in [0.15, 0.2) is 0 Å². The lowest BCUT2D eigenvalue weighted by Crippen LogP contribution is -2.57. The molecule has 33 heavy (non-hydrogen) atoms. The highest BCUT2D eigenvalue weighted by Gasteiger charge is 2.29. The first-order valence-electron chi connectivity index (χ1n) is 11.3. The summed E-state index contributed by atoms with van der Waals surface area (Å²) in [5.41, 5.74) is 12.4. The molecule has 10 nitrogen and oxygen atoms in total. The molecule has 0 saturated heterocycles. The molecule has 0 bridgehead atoms. The average molecular weight is 464 g/mol. The predicted octanol–water partition coefficient (Wildman–Crippen LogP) is -0.0981. The number of carboxylic acid groups (broad SMARTS) is 1. The van der Waals surface area contributed by atoms with E-state index in [0.29, 0.717) is 32.2 Å². The van der Waals surface area contributed by atoms with Crippen molar-refractivity contribution in [1.29, 1.82) is 0 Å². The Balaban J connectivity index is 2.99. The number of unbranched alkanes of at least 4 members (excludes halogenated alkanes) is 1. The number of nitrogens with one attached hydrogen (secondary N) is 3. The lowest BCUT2D eigenvalue weighted by Gasteiger charge is -2.25. The van der Waals surface area contributed by atoms with Crippen molar-refractivity contribution in [2.75, 3.05) is 13.1 Å². The smallest absolute Gasteiger partial charge is 0.322 e. The molecule has 1 aromatic carbocycles. The van der Waals surface area contributed by atoms with E-state index < -0.39 is 48.4 Å². The Morgan fingerprint density at radius 3 is 2.18 bits per heavy atom. The highest BCUT2D eigenvalue weighted by molar-refractivity contribution is 5.93. The number of benzene rings is 1. The molecule has 0 aliphatic carbocycles. The summed E-state index contributed by atoms with van der Waals surface area (Å²) in [6, 6.07) is 6.35. The third kappa shape index (κ3) is 10.5. The van der Waals surface area contributed by atoms with Crippen LogP contribution in [0.1, 0.15) is 45.1 Å². The minimum atomic E-state index is -1.20. The SMILES string of the molecule is CCC(C)C(N)C(=O)NC(CCCCN)C(=O)NC(Cc1ccccc1)C(=O)NCC(=O)O. The summed E-state index contributed by atoms with van der Waals surface area (Å²) in [5.74, 6) is -2.86. The van der Waals surface area contributed by atoms with Crippen LogP contribution in [0.4, 0.5) is 0 Å². The molecule has 0 aliphatic rings. The molecule has 4 unspecified atom stereocenters. The van der Waals surface area contributed by atoms with Crippen LogP contribution in [0.3, 0.4) is 0 Å². The van der Waals surface area contributed by atoms with Gasteiger partial charge in [0.25, 0.3) is 0 Å². The number of carbonyl (C=O) groups is 4. The van der Waals surface area contributed by atoms with E-state index in [0.717, 1.165) is 5.56 Å². The van der Waals surface area contributed by atoms with Gasteiger partial charge in [-0.05, 0) is 37.3 Å². The fourth-order valence-electron chi connectivity index (χ4n) is 3.16. The van der Waals surface area contributed by atoms with Crippen molar-refractivity contribution in [1.82, 2.24) is 16.0 Å². The quantitative estimate of drug-likeness (QED) is 0.197. The molecule has 0 heterocycles. The van der Waals surface area contributed by atoms with Gasteiger partial charge in [-0.15, -0.1) is 0 Å². The molecule has 0 aliphatic heterocycles. The first kappa shape index (κ1) is 28.1. The van der Waals surface area contributed by atoms with Crippen molar-refractivity contribution in [3.63, 3.8) is 0 Å². The van der Waals surface area contributed by atoms with Crippen LogP contribution in [0.15, 0.2) is 30.3 Å². The zero-order valence-electron chi connectivity index (χ0n) is 19.4. The van der Waals surface area contributed by atoms with Crippen molar-refractivity contribution in [3.05, 3.63) is 35.9 Å². The largest absolute Gasteiger partial charge is 0.480 e. The Labute approximate surface area is 194 Å². The molecule has 1 rings (SSSR count). The van der Waals surface area contributed by atoms with Gasteiger partial charge < -0.3 is 32.5 Å². The molecule has 10 heteroatoms. The first-order chi connectivity index (χ1) is 15.7. The van der Waals surface area contributed by atoms with Crippen LogP contribution in [0.2, 0.25) is 0 Å². The Hall–Kier alpha value is -2.98. The monoisotopic (exact) mass is 463 g/mol. The van der Waals surface area contributed by atoms with Crippen molar-refractivity contribution < 1.29 is 24.3 Å². The topological polar surface area (TPSA) is 177 Å². The summed E-state index contributed by atoms with van der Waals surface area (Å²) in [7, 11) is 0. The van der Waals surface area contributed by atoms with Crippen LogP contribution >= 0.6 is 0 Å². The number of hydrogen-bond acceptors (Lipinski definition) is 6. The standard InChI is InChI=1S/C23H37N5O5/c1-3-15(2)20(25)23(33)27-17(11-7-8-12-24)22(32)28-18(21(31)26-14-19(29)30)13-16-9-5-4-6-10-16/h4-6,9-10,15,17-18,20H,3,7-8,11-14,24-25H2,1-2H3,(H,26,31)(H,27,33)(H,28,32)(H,29,30). The number of carboxylic acids is 1. The Kier molecular flexibility index (Phi) is 12.7. The van der Waals surface area contributed by atoms with E-state index in [1.165, 1.54) is 0 Å². The van der Waals surface area contributed by atoms with E-state index in [-0.39, 0.29) is 12.3 Å². The van der Waals surface area contributed by atoms with Crippen molar-refractivity contribution in [2.45, 2.75) is 64.1 Å². The molecule has 0 fully saturated rings. The van der Waals surface area contributed by atoms with E-state index >= 15 is 0 Å². The van der Waals surface area contributed by atoms with E-state index in [4.69, 9.17) is 16.6 Å². The molecule has 3 amide bonds. The summed E-state index contributed by atoms with van der Waals surface area (Å²) in [4.78, 5) is 49.1. The zero-order chi connectivity index (χ0) is 24.8. The lowest BCUT2D eigenvalue weighted by atomic mass is 9.98. The molecular formula is C23H37N5O5.